The minimum atomic E-state index is -0.306. The highest BCUT2D eigenvalue weighted by Gasteiger charge is 2.15. The quantitative estimate of drug-likeness (QED) is 0.406. The number of nitrogens with zero attached hydrogens (tertiary/aromatic N) is 4. The van der Waals surface area contributed by atoms with Crippen LogP contribution in [0.3, 0.4) is 0 Å². The van der Waals surface area contributed by atoms with Gasteiger partial charge in [0.05, 0.1) is 29.6 Å². The fourth-order valence-electron chi connectivity index (χ4n) is 3.82. The van der Waals surface area contributed by atoms with Crippen molar-refractivity contribution >= 4 is 16.8 Å². The lowest BCUT2D eigenvalue weighted by molar-refractivity contribution is 0.0945. The van der Waals surface area contributed by atoms with Gasteiger partial charge in [0.25, 0.3) is 5.91 Å². The van der Waals surface area contributed by atoms with Gasteiger partial charge in [-0.25, -0.2) is 9.97 Å². The van der Waals surface area contributed by atoms with Crippen LogP contribution in [0.5, 0.6) is 0 Å². The number of amides is 1. The van der Waals surface area contributed by atoms with E-state index in [2.05, 4.69) is 38.5 Å². The van der Waals surface area contributed by atoms with E-state index in [0.29, 0.717) is 6.54 Å². The Labute approximate surface area is 196 Å². The molecule has 3 N–H and O–H groups in total. The van der Waals surface area contributed by atoms with E-state index >= 15 is 0 Å². The van der Waals surface area contributed by atoms with Crippen LogP contribution >= 0.6 is 0 Å². The Morgan fingerprint density at radius 2 is 1.71 bits per heavy atom. The summed E-state index contributed by atoms with van der Waals surface area (Å²) < 4.78 is 0. The molecule has 0 bridgehead atoms. The van der Waals surface area contributed by atoms with Gasteiger partial charge < -0.3 is 11.1 Å². The van der Waals surface area contributed by atoms with E-state index in [9.17, 15) is 4.79 Å². The highest BCUT2D eigenvalue weighted by Crippen LogP contribution is 2.34. The third kappa shape index (κ3) is 4.37. The molecule has 7 heteroatoms. The fourth-order valence-corrected chi connectivity index (χ4v) is 3.82. The standard InChI is InChI=1S/C27H22N6O/c28-15-18-6-8-20(9-7-18)26-21(19-4-2-1-3-5-19)14-22-23(33-26)10-11-30-24(22)17-32-27(34)25-16-29-12-13-31-25/h1-14,16H,15,17,28H2,(H,32,34). The summed E-state index contributed by atoms with van der Waals surface area (Å²) in [6.45, 7) is 0.736. The molecule has 0 saturated heterocycles. The summed E-state index contributed by atoms with van der Waals surface area (Å²) >= 11 is 0. The van der Waals surface area contributed by atoms with Crippen LogP contribution in [-0.2, 0) is 13.1 Å². The lowest BCUT2D eigenvalue weighted by atomic mass is 9.96. The molecular weight excluding hydrogens is 424 g/mol. The first kappa shape index (κ1) is 21.4. The lowest BCUT2D eigenvalue weighted by Gasteiger charge is -2.14. The second-order valence-electron chi connectivity index (χ2n) is 7.75. The molecule has 0 unspecified atom stereocenters. The van der Waals surface area contributed by atoms with Gasteiger partial charge in [-0.1, -0.05) is 54.6 Å². The van der Waals surface area contributed by atoms with Crippen molar-refractivity contribution in [2.24, 2.45) is 5.73 Å². The highest BCUT2D eigenvalue weighted by molar-refractivity contribution is 5.94. The van der Waals surface area contributed by atoms with Crippen LogP contribution in [0.1, 0.15) is 21.7 Å². The zero-order valence-corrected chi connectivity index (χ0v) is 18.3. The monoisotopic (exact) mass is 446 g/mol. The molecule has 5 rings (SSSR count). The molecule has 0 radical (unpaired) electrons. The van der Waals surface area contributed by atoms with Gasteiger partial charge in [-0.3, -0.25) is 14.8 Å². The lowest BCUT2D eigenvalue weighted by Crippen LogP contribution is -2.24. The molecule has 3 heterocycles. The Morgan fingerprint density at radius 3 is 2.44 bits per heavy atom. The zero-order chi connectivity index (χ0) is 23.3. The van der Waals surface area contributed by atoms with Crippen LogP contribution in [-0.4, -0.2) is 25.8 Å². The Balaban J connectivity index is 1.58. The second kappa shape index (κ2) is 9.56. The van der Waals surface area contributed by atoms with Crippen LogP contribution in [0.15, 0.2) is 91.5 Å². The van der Waals surface area contributed by atoms with Crippen molar-refractivity contribution in [1.29, 1.82) is 0 Å². The van der Waals surface area contributed by atoms with E-state index < -0.39 is 0 Å². The van der Waals surface area contributed by atoms with Gasteiger partial charge >= 0.3 is 0 Å². The first-order chi connectivity index (χ1) is 16.7. The Hall–Kier alpha value is -4.49. The average molecular weight is 447 g/mol. The van der Waals surface area contributed by atoms with Crippen molar-refractivity contribution in [1.82, 2.24) is 25.3 Å². The summed E-state index contributed by atoms with van der Waals surface area (Å²) in [4.78, 5) is 30.0. The number of pyridine rings is 2. The van der Waals surface area contributed by atoms with E-state index in [1.807, 2.05) is 48.5 Å². The third-order valence-electron chi connectivity index (χ3n) is 5.59. The number of rotatable bonds is 6. The minimum absolute atomic E-state index is 0.243. The Kier molecular flexibility index (Phi) is 6.01. The fraction of sp³-hybridized carbons (Fsp3) is 0.0741. The minimum Gasteiger partial charge on any atom is -0.345 e. The molecule has 0 aliphatic carbocycles. The van der Waals surface area contributed by atoms with Crippen molar-refractivity contribution in [3.63, 3.8) is 0 Å². The van der Waals surface area contributed by atoms with Gasteiger partial charge in [0, 0.05) is 41.6 Å². The molecule has 2 aromatic carbocycles. The molecule has 34 heavy (non-hydrogen) atoms. The maximum Gasteiger partial charge on any atom is 0.271 e. The SMILES string of the molecule is NCc1ccc(-c2nc3ccnc(CNC(=O)c4cnccn4)c3cc2-c2ccccc2)cc1. The first-order valence-electron chi connectivity index (χ1n) is 10.9. The van der Waals surface area contributed by atoms with Crippen molar-refractivity contribution in [3.05, 3.63) is 108 Å². The number of hydrogen-bond donors (Lipinski definition) is 2. The van der Waals surface area contributed by atoms with E-state index in [4.69, 9.17) is 10.7 Å². The molecular formula is C27H22N6O. The molecule has 7 nitrogen and oxygen atoms in total. The smallest absolute Gasteiger partial charge is 0.271 e. The summed E-state index contributed by atoms with van der Waals surface area (Å²) in [5, 5.41) is 3.76. The largest absolute Gasteiger partial charge is 0.345 e. The highest BCUT2D eigenvalue weighted by atomic mass is 16.1. The van der Waals surface area contributed by atoms with E-state index in [0.717, 1.165) is 44.5 Å². The van der Waals surface area contributed by atoms with Gasteiger partial charge in [0.15, 0.2) is 0 Å². The molecule has 0 atom stereocenters. The summed E-state index contributed by atoms with van der Waals surface area (Å²) in [5.41, 5.74) is 12.6. The van der Waals surface area contributed by atoms with Crippen LogP contribution in [0.25, 0.3) is 33.3 Å². The summed E-state index contributed by atoms with van der Waals surface area (Å²) in [5.74, 6) is -0.306. The number of fused-ring (bicyclic) bond motifs is 1. The van der Waals surface area contributed by atoms with Crippen LogP contribution in [0, 0.1) is 0 Å². The van der Waals surface area contributed by atoms with Gasteiger partial charge in [0.1, 0.15) is 5.69 Å². The van der Waals surface area contributed by atoms with Crippen molar-refractivity contribution in [3.8, 4) is 22.4 Å². The summed E-state index contributed by atoms with van der Waals surface area (Å²) in [7, 11) is 0. The van der Waals surface area contributed by atoms with E-state index in [-0.39, 0.29) is 18.1 Å². The molecule has 3 aromatic heterocycles. The van der Waals surface area contributed by atoms with Crippen LogP contribution in [0.2, 0.25) is 0 Å². The van der Waals surface area contributed by atoms with Crippen LogP contribution < -0.4 is 11.1 Å². The molecule has 166 valence electrons. The number of nitrogens with one attached hydrogen (secondary N) is 1. The molecule has 0 saturated carbocycles. The van der Waals surface area contributed by atoms with Crippen molar-refractivity contribution in [2.45, 2.75) is 13.1 Å². The molecule has 0 fully saturated rings. The molecule has 1 amide bonds. The molecule has 0 spiro atoms. The van der Waals surface area contributed by atoms with Crippen molar-refractivity contribution in [2.75, 3.05) is 0 Å². The molecule has 0 aliphatic heterocycles. The number of carbonyl (C=O) groups excluding carboxylic acids is 1. The number of aromatic nitrogens is 4. The molecule has 5 aromatic rings. The van der Waals surface area contributed by atoms with Gasteiger partial charge in [-0.05, 0) is 23.3 Å². The summed E-state index contributed by atoms with van der Waals surface area (Å²) in [6, 6.07) is 22.3. The predicted molar refractivity (Wildman–Crippen MR) is 132 cm³/mol. The normalized spacial score (nSPS) is 10.9. The van der Waals surface area contributed by atoms with Crippen LogP contribution in [0.4, 0.5) is 0 Å². The van der Waals surface area contributed by atoms with Gasteiger partial charge in [0.2, 0.25) is 0 Å². The Morgan fingerprint density at radius 1 is 0.882 bits per heavy atom. The van der Waals surface area contributed by atoms with E-state index in [1.54, 1.807) is 6.20 Å². The summed E-state index contributed by atoms with van der Waals surface area (Å²) in [6.07, 6.45) is 6.16. The number of nitrogens with two attached hydrogens (primary N) is 1. The number of benzene rings is 2. The third-order valence-corrected chi connectivity index (χ3v) is 5.59. The topological polar surface area (TPSA) is 107 Å². The number of hydrogen-bond acceptors (Lipinski definition) is 6. The maximum absolute atomic E-state index is 12.5. The first-order valence-corrected chi connectivity index (χ1v) is 10.9. The molecule has 0 aliphatic rings. The number of carbonyl (C=O) groups is 1. The zero-order valence-electron chi connectivity index (χ0n) is 18.3. The maximum atomic E-state index is 12.5. The van der Waals surface area contributed by atoms with Gasteiger partial charge in [-0.15, -0.1) is 0 Å². The van der Waals surface area contributed by atoms with E-state index in [1.165, 1.54) is 18.6 Å². The van der Waals surface area contributed by atoms with Gasteiger partial charge in [-0.2, -0.15) is 0 Å². The average Bonchev–Trinajstić information content (AvgIpc) is 2.92. The predicted octanol–water partition coefficient (Wildman–Crippen LogP) is 4.14. The van der Waals surface area contributed by atoms with Crippen molar-refractivity contribution < 1.29 is 4.79 Å². The Bertz CT molecular complexity index is 1440. The second-order valence-corrected chi connectivity index (χ2v) is 7.75.